The van der Waals surface area contributed by atoms with Gasteiger partial charge in [-0.05, 0) is 76.0 Å². The van der Waals surface area contributed by atoms with Crippen molar-refractivity contribution in [3.05, 3.63) is 0 Å². The highest BCUT2D eigenvalue weighted by atomic mass is 14.9. The molecule has 0 amide bonds. The van der Waals surface area contributed by atoms with Gasteiger partial charge in [0, 0.05) is 17.3 Å². The van der Waals surface area contributed by atoms with Crippen LogP contribution in [0.4, 0.5) is 0 Å². The minimum Gasteiger partial charge on any atom is -0.290 e. The number of rotatable bonds is 4. The summed E-state index contributed by atoms with van der Waals surface area (Å²) in [4.78, 5) is 10.8. The van der Waals surface area contributed by atoms with Gasteiger partial charge in [-0.2, -0.15) is 0 Å². The molecule has 142 valence electrons. The average molecular weight is 345 g/mol. The van der Waals surface area contributed by atoms with Gasteiger partial charge in [-0.1, -0.05) is 40.0 Å². The first kappa shape index (κ1) is 19.1. The fourth-order valence-electron chi connectivity index (χ4n) is 5.64. The van der Waals surface area contributed by atoms with Crippen molar-refractivity contribution >= 4 is 11.4 Å². The third kappa shape index (κ3) is 4.74. The lowest BCUT2D eigenvalue weighted by atomic mass is 9.67. The van der Waals surface area contributed by atoms with Crippen LogP contribution in [0.3, 0.4) is 0 Å². The zero-order valence-corrected chi connectivity index (χ0v) is 17.0. The smallest absolute Gasteiger partial charge is 0.0575 e. The SMILES string of the molecule is CCC1CC(C)C(N=C2CCCCC2)C(CC)C1N=C1CCCCC1. The van der Waals surface area contributed by atoms with E-state index in [0.717, 1.165) is 11.8 Å². The van der Waals surface area contributed by atoms with E-state index in [4.69, 9.17) is 9.98 Å². The molecule has 3 saturated carbocycles. The molecule has 3 aliphatic rings. The predicted octanol–water partition coefficient (Wildman–Crippen LogP) is 6.63. The maximum absolute atomic E-state index is 5.42. The standard InChI is InChI=1S/C23H40N2/c1-4-18-16-17(3)22(24-19-12-8-6-9-13-19)21(5-2)23(18)25-20-14-10-7-11-15-20/h17-18,21-23H,4-16H2,1-3H3. The van der Waals surface area contributed by atoms with Crippen molar-refractivity contribution in [3.63, 3.8) is 0 Å². The number of nitrogens with zero attached hydrogens (tertiary/aromatic N) is 2. The van der Waals surface area contributed by atoms with Gasteiger partial charge >= 0.3 is 0 Å². The molecule has 2 nitrogen and oxygen atoms in total. The Morgan fingerprint density at radius 1 is 0.720 bits per heavy atom. The van der Waals surface area contributed by atoms with Gasteiger partial charge in [0.2, 0.25) is 0 Å². The second-order valence-electron chi connectivity index (χ2n) is 8.95. The molecule has 3 aliphatic carbocycles. The summed E-state index contributed by atoms with van der Waals surface area (Å²) < 4.78 is 0. The summed E-state index contributed by atoms with van der Waals surface area (Å²) in [5, 5.41) is 0. The Morgan fingerprint density at radius 3 is 1.72 bits per heavy atom. The molecule has 3 fully saturated rings. The van der Waals surface area contributed by atoms with Gasteiger partial charge in [0.15, 0.2) is 0 Å². The van der Waals surface area contributed by atoms with Gasteiger partial charge in [0.05, 0.1) is 12.1 Å². The van der Waals surface area contributed by atoms with Crippen LogP contribution < -0.4 is 0 Å². The number of hydrogen-bond donors (Lipinski definition) is 0. The summed E-state index contributed by atoms with van der Waals surface area (Å²) in [6, 6.07) is 1.07. The molecule has 0 bridgehead atoms. The van der Waals surface area contributed by atoms with Gasteiger partial charge in [0.25, 0.3) is 0 Å². The second-order valence-corrected chi connectivity index (χ2v) is 8.95. The molecule has 5 atom stereocenters. The number of aliphatic imine (C=N–C) groups is 2. The van der Waals surface area contributed by atoms with Crippen molar-refractivity contribution in [2.45, 2.75) is 116 Å². The fraction of sp³-hybridized carbons (Fsp3) is 0.913. The van der Waals surface area contributed by atoms with E-state index in [9.17, 15) is 0 Å². The van der Waals surface area contributed by atoms with Crippen LogP contribution in [0.5, 0.6) is 0 Å². The van der Waals surface area contributed by atoms with Gasteiger partial charge in [-0.15, -0.1) is 0 Å². The Labute approximate surface area is 156 Å². The fourth-order valence-corrected chi connectivity index (χ4v) is 5.64. The molecule has 0 heterocycles. The van der Waals surface area contributed by atoms with Crippen LogP contribution in [0.15, 0.2) is 9.98 Å². The molecule has 0 aromatic rings. The van der Waals surface area contributed by atoms with Gasteiger partial charge in [-0.3, -0.25) is 9.98 Å². The molecule has 5 unspecified atom stereocenters. The maximum atomic E-state index is 5.42. The first-order valence-corrected chi connectivity index (χ1v) is 11.3. The predicted molar refractivity (Wildman–Crippen MR) is 110 cm³/mol. The van der Waals surface area contributed by atoms with Crippen molar-refractivity contribution in [2.24, 2.45) is 27.7 Å². The Hall–Kier alpha value is -0.660. The van der Waals surface area contributed by atoms with Crippen molar-refractivity contribution in [2.75, 3.05) is 0 Å². The Morgan fingerprint density at radius 2 is 1.24 bits per heavy atom. The average Bonchev–Trinajstić information content (AvgIpc) is 2.66. The lowest BCUT2D eigenvalue weighted by molar-refractivity contribution is 0.135. The summed E-state index contributed by atoms with van der Waals surface area (Å²) in [5.41, 5.74) is 3.06. The van der Waals surface area contributed by atoms with E-state index < -0.39 is 0 Å². The van der Waals surface area contributed by atoms with Gasteiger partial charge in [0.1, 0.15) is 0 Å². The highest BCUT2D eigenvalue weighted by Gasteiger charge is 2.41. The molecule has 0 aromatic heterocycles. The molecule has 0 radical (unpaired) electrons. The van der Waals surface area contributed by atoms with Crippen LogP contribution in [-0.4, -0.2) is 23.5 Å². The molecule has 25 heavy (non-hydrogen) atoms. The third-order valence-electron chi connectivity index (χ3n) is 7.14. The van der Waals surface area contributed by atoms with Crippen LogP contribution in [0.2, 0.25) is 0 Å². The molecule has 0 saturated heterocycles. The van der Waals surface area contributed by atoms with E-state index >= 15 is 0 Å². The van der Waals surface area contributed by atoms with Crippen molar-refractivity contribution in [3.8, 4) is 0 Å². The van der Waals surface area contributed by atoms with Gasteiger partial charge < -0.3 is 0 Å². The molecule has 0 aliphatic heterocycles. The highest BCUT2D eigenvalue weighted by molar-refractivity contribution is 5.85. The Balaban J connectivity index is 1.82. The monoisotopic (exact) mass is 344 g/mol. The number of hydrogen-bond acceptors (Lipinski definition) is 2. The summed E-state index contributed by atoms with van der Waals surface area (Å²) in [7, 11) is 0. The lowest BCUT2D eigenvalue weighted by Gasteiger charge is -2.44. The highest BCUT2D eigenvalue weighted by Crippen LogP contribution is 2.41. The largest absolute Gasteiger partial charge is 0.290 e. The zero-order chi connectivity index (χ0) is 17.6. The molecule has 0 aromatic carbocycles. The normalized spacial score (nSPS) is 37.0. The topological polar surface area (TPSA) is 24.7 Å². The van der Waals surface area contributed by atoms with E-state index in [-0.39, 0.29) is 0 Å². The van der Waals surface area contributed by atoms with Crippen LogP contribution in [0.1, 0.15) is 104 Å². The first-order valence-electron chi connectivity index (χ1n) is 11.3. The van der Waals surface area contributed by atoms with Crippen LogP contribution >= 0.6 is 0 Å². The molecular weight excluding hydrogens is 304 g/mol. The second kappa shape index (κ2) is 9.33. The Kier molecular flexibility index (Phi) is 7.13. The first-order chi connectivity index (χ1) is 12.2. The molecule has 2 heteroatoms. The summed E-state index contributed by atoms with van der Waals surface area (Å²) in [5.74, 6) is 2.17. The van der Waals surface area contributed by atoms with Crippen LogP contribution in [0, 0.1) is 17.8 Å². The van der Waals surface area contributed by atoms with E-state index in [2.05, 4.69) is 20.8 Å². The lowest BCUT2D eigenvalue weighted by Crippen LogP contribution is -2.45. The van der Waals surface area contributed by atoms with E-state index in [1.165, 1.54) is 94.9 Å². The zero-order valence-electron chi connectivity index (χ0n) is 17.0. The summed E-state index contributed by atoms with van der Waals surface area (Å²) in [6.07, 6.45) is 17.2. The summed E-state index contributed by atoms with van der Waals surface area (Å²) in [6.45, 7) is 7.23. The minimum atomic E-state index is 0.527. The Bertz CT molecular complexity index is 462. The van der Waals surface area contributed by atoms with Gasteiger partial charge in [-0.25, -0.2) is 0 Å². The molecule has 3 rings (SSSR count). The van der Waals surface area contributed by atoms with Crippen molar-refractivity contribution < 1.29 is 0 Å². The quantitative estimate of drug-likeness (QED) is 0.547. The molecule has 0 N–H and O–H groups in total. The van der Waals surface area contributed by atoms with Crippen LogP contribution in [0.25, 0.3) is 0 Å². The van der Waals surface area contributed by atoms with Crippen LogP contribution in [-0.2, 0) is 0 Å². The van der Waals surface area contributed by atoms with E-state index in [0.29, 0.717) is 18.0 Å². The third-order valence-corrected chi connectivity index (χ3v) is 7.14. The molecule has 0 spiro atoms. The maximum Gasteiger partial charge on any atom is 0.0575 e. The minimum absolute atomic E-state index is 0.527. The van der Waals surface area contributed by atoms with E-state index in [1.54, 1.807) is 0 Å². The van der Waals surface area contributed by atoms with E-state index in [1.807, 2.05) is 0 Å². The van der Waals surface area contributed by atoms with Crippen molar-refractivity contribution in [1.82, 2.24) is 0 Å². The van der Waals surface area contributed by atoms with Crippen molar-refractivity contribution in [1.29, 1.82) is 0 Å². The molecular formula is C23H40N2. The summed E-state index contributed by atoms with van der Waals surface area (Å²) >= 11 is 0.